The van der Waals surface area contributed by atoms with Crippen molar-refractivity contribution in [2.24, 2.45) is 5.10 Å². The van der Waals surface area contributed by atoms with Gasteiger partial charge in [-0.15, -0.1) is 11.3 Å². The number of hydrogen-bond acceptors (Lipinski definition) is 3. The van der Waals surface area contributed by atoms with Crippen LogP contribution in [0.1, 0.15) is 22.9 Å². The van der Waals surface area contributed by atoms with E-state index in [4.69, 9.17) is 0 Å². The van der Waals surface area contributed by atoms with Crippen LogP contribution >= 0.6 is 11.3 Å². The van der Waals surface area contributed by atoms with E-state index in [-0.39, 0.29) is 17.7 Å². The van der Waals surface area contributed by atoms with Crippen molar-refractivity contribution in [3.05, 3.63) is 88.1 Å². The summed E-state index contributed by atoms with van der Waals surface area (Å²) in [5.74, 6) is -0.582. The molecule has 2 nitrogen and oxygen atoms in total. The first-order valence-electron chi connectivity index (χ1n) is 7.63. The summed E-state index contributed by atoms with van der Waals surface area (Å²) in [6, 6.07) is 16.9. The van der Waals surface area contributed by atoms with Crippen molar-refractivity contribution in [2.45, 2.75) is 12.5 Å². The monoisotopic (exact) mass is 340 g/mol. The molecule has 0 bridgehead atoms. The number of para-hydroxylation sites is 1. The Morgan fingerprint density at radius 1 is 0.958 bits per heavy atom. The summed E-state index contributed by atoms with van der Waals surface area (Å²) in [7, 11) is 0. The molecule has 0 aliphatic carbocycles. The minimum Gasteiger partial charge on any atom is -0.254 e. The second kappa shape index (κ2) is 6.17. The fourth-order valence-electron chi connectivity index (χ4n) is 2.89. The Bertz CT molecular complexity index is 873. The summed E-state index contributed by atoms with van der Waals surface area (Å²) >= 11 is 1.63. The lowest BCUT2D eigenvalue weighted by molar-refractivity contribution is 0.608. The Hall–Kier alpha value is -2.53. The third-order valence-electron chi connectivity index (χ3n) is 4.06. The highest BCUT2D eigenvalue weighted by Crippen LogP contribution is 2.39. The van der Waals surface area contributed by atoms with Crippen molar-refractivity contribution < 1.29 is 8.78 Å². The Kier molecular flexibility index (Phi) is 3.86. The van der Waals surface area contributed by atoms with E-state index in [1.165, 1.54) is 18.2 Å². The van der Waals surface area contributed by atoms with Gasteiger partial charge in [0.2, 0.25) is 0 Å². The number of rotatable bonds is 3. The molecule has 2 aromatic carbocycles. The molecule has 24 heavy (non-hydrogen) atoms. The SMILES string of the molecule is Fc1ccc(C2=NN(c3ccccc3F)C(c3cccs3)C2)cc1. The quantitative estimate of drug-likeness (QED) is 0.625. The maximum Gasteiger partial charge on any atom is 0.148 e. The molecule has 3 aromatic rings. The number of thiophene rings is 1. The topological polar surface area (TPSA) is 15.6 Å². The predicted octanol–water partition coefficient (Wildman–Crippen LogP) is 5.38. The van der Waals surface area contributed by atoms with Gasteiger partial charge in [0.15, 0.2) is 0 Å². The van der Waals surface area contributed by atoms with Crippen LogP contribution in [0.15, 0.2) is 71.1 Å². The molecule has 0 fully saturated rings. The average Bonchev–Trinajstić information content (AvgIpc) is 3.25. The molecule has 1 atom stereocenters. The largest absolute Gasteiger partial charge is 0.254 e. The molecule has 1 aliphatic heterocycles. The number of halogens is 2. The van der Waals surface area contributed by atoms with Gasteiger partial charge in [-0.2, -0.15) is 5.10 Å². The highest BCUT2D eigenvalue weighted by atomic mass is 32.1. The van der Waals surface area contributed by atoms with Crippen molar-refractivity contribution in [3.8, 4) is 0 Å². The summed E-state index contributed by atoms with van der Waals surface area (Å²) < 4.78 is 27.5. The maximum atomic E-state index is 14.3. The van der Waals surface area contributed by atoms with Crippen LogP contribution in [0, 0.1) is 11.6 Å². The summed E-state index contributed by atoms with van der Waals surface area (Å²) in [4.78, 5) is 1.12. The van der Waals surface area contributed by atoms with Gasteiger partial charge in [0.1, 0.15) is 11.6 Å². The lowest BCUT2D eigenvalue weighted by Crippen LogP contribution is -2.18. The predicted molar refractivity (Wildman–Crippen MR) is 93.5 cm³/mol. The Balaban J connectivity index is 1.77. The lowest BCUT2D eigenvalue weighted by Gasteiger charge is -2.22. The summed E-state index contributed by atoms with van der Waals surface area (Å²) in [6.07, 6.45) is 0.653. The van der Waals surface area contributed by atoms with E-state index in [1.807, 2.05) is 17.5 Å². The Labute approximate surface area is 142 Å². The first kappa shape index (κ1) is 15.0. The van der Waals surface area contributed by atoms with Gasteiger partial charge in [-0.25, -0.2) is 8.78 Å². The van der Waals surface area contributed by atoms with Crippen LogP contribution in [0.3, 0.4) is 0 Å². The van der Waals surface area contributed by atoms with Gasteiger partial charge < -0.3 is 0 Å². The van der Waals surface area contributed by atoms with E-state index >= 15 is 0 Å². The Morgan fingerprint density at radius 2 is 1.75 bits per heavy atom. The third-order valence-corrected chi connectivity index (χ3v) is 5.03. The van der Waals surface area contributed by atoms with Crippen molar-refractivity contribution in [1.82, 2.24) is 0 Å². The van der Waals surface area contributed by atoms with Crippen LogP contribution < -0.4 is 5.01 Å². The van der Waals surface area contributed by atoms with Crippen LogP contribution in [0.5, 0.6) is 0 Å². The van der Waals surface area contributed by atoms with Crippen molar-refractivity contribution in [2.75, 3.05) is 5.01 Å². The summed E-state index contributed by atoms with van der Waals surface area (Å²) in [5.41, 5.74) is 2.14. The molecule has 0 saturated carbocycles. The maximum absolute atomic E-state index is 14.3. The van der Waals surface area contributed by atoms with Gasteiger partial charge >= 0.3 is 0 Å². The van der Waals surface area contributed by atoms with Crippen LogP contribution in [0.25, 0.3) is 0 Å². The fourth-order valence-corrected chi connectivity index (χ4v) is 3.70. The van der Waals surface area contributed by atoms with Gasteiger partial charge in [-0.05, 0) is 41.3 Å². The lowest BCUT2D eigenvalue weighted by atomic mass is 10.0. The van der Waals surface area contributed by atoms with Crippen LogP contribution in [0.2, 0.25) is 0 Å². The fraction of sp³-hybridized carbons (Fsp3) is 0.105. The number of benzene rings is 2. The normalized spacial score (nSPS) is 17.2. The molecule has 1 unspecified atom stereocenters. The van der Waals surface area contributed by atoms with Crippen LogP contribution in [-0.4, -0.2) is 5.71 Å². The van der Waals surface area contributed by atoms with Gasteiger partial charge in [-0.1, -0.05) is 30.3 Å². The van der Waals surface area contributed by atoms with Crippen molar-refractivity contribution in [3.63, 3.8) is 0 Å². The second-order valence-corrected chi connectivity index (χ2v) is 6.56. The second-order valence-electron chi connectivity index (χ2n) is 5.58. The van der Waals surface area contributed by atoms with E-state index in [1.54, 1.807) is 46.7 Å². The van der Waals surface area contributed by atoms with Gasteiger partial charge in [0.05, 0.1) is 17.4 Å². The first-order valence-corrected chi connectivity index (χ1v) is 8.51. The number of anilines is 1. The average molecular weight is 340 g/mol. The molecule has 120 valence electrons. The van der Waals surface area contributed by atoms with Gasteiger partial charge in [-0.3, -0.25) is 5.01 Å². The molecule has 0 N–H and O–H groups in total. The van der Waals surface area contributed by atoms with Crippen LogP contribution in [0.4, 0.5) is 14.5 Å². The van der Waals surface area contributed by atoms with E-state index in [0.29, 0.717) is 12.1 Å². The molecular weight excluding hydrogens is 326 g/mol. The first-order chi connectivity index (χ1) is 11.7. The minimum atomic E-state index is -0.303. The minimum absolute atomic E-state index is 0.0537. The van der Waals surface area contributed by atoms with Crippen LogP contribution in [-0.2, 0) is 0 Å². The van der Waals surface area contributed by atoms with E-state index in [2.05, 4.69) is 5.10 Å². The number of hydrogen-bond donors (Lipinski definition) is 0. The highest BCUT2D eigenvalue weighted by molar-refractivity contribution is 7.10. The summed E-state index contributed by atoms with van der Waals surface area (Å²) in [6.45, 7) is 0. The van der Waals surface area contributed by atoms with Crippen molar-refractivity contribution in [1.29, 1.82) is 0 Å². The van der Waals surface area contributed by atoms with Gasteiger partial charge in [0, 0.05) is 11.3 Å². The molecule has 2 heterocycles. The summed E-state index contributed by atoms with van der Waals surface area (Å²) in [5, 5.41) is 8.39. The molecule has 0 radical (unpaired) electrons. The molecular formula is C19H14F2N2S. The smallest absolute Gasteiger partial charge is 0.148 e. The van der Waals surface area contributed by atoms with E-state index in [9.17, 15) is 8.78 Å². The molecule has 0 spiro atoms. The zero-order valence-corrected chi connectivity index (χ0v) is 13.5. The molecule has 1 aromatic heterocycles. The molecule has 4 rings (SSSR count). The zero-order chi connectivity index (χ0) is 16.5. The van der Waals surface area contributed by atoms with E-state index in [0.717, 1.165) is 16.2 Å². The molecule has 0 saturated heterocycles. The molecule has 0 amide bonds. The Morgan fingerprint density at radius 3 is 2.46 bits per heavy atom. The third kappa shape index (κ3) is 2.71. The zero-order valence-electron chi connectivity index (χ0n) is 12.7. The molecule has 5 heteroatoms. The number of hydrazone groups is 1. The number of nitrogens with zero attached hydrogens (tertiary/aromatic N) is 2. The van der Waals surface area contributed by atoms with E-state index < -0.39 is 0 Å². The molecule has 1 aliphatic rings. The van der Waals surface area contributed by atoms with Gasteiger partial charge in [0.25, 0.3) is 0 Å². The van der Waals surface area contributed by atoms with Crippen molar-refractivity contribution >= 4 is 22.7 Å². The standard InChI is InChI=1S/C19H14F2N2S/c20-14-9-7-13(8-10-14)16-12-18(19-6-3-11-24-19)23(22-16)17-5-2-1-4-15(17)21/h1-11,18H,12H2. The highest BCUT2D eigenvalue weighted by Gasteiger charge is 2.31.